The van der Waals surface area contributed by atoms with Crippen LogP contribution in [-0.2, 0) is 4.79 Å². The highest BCUT2D eigenvalue weighted by Crippen LogP contribution is 2.42. The summed E-state index contributed by atoms with van der Waals surface area (Å²) in [6, 6.07) is 26.2. The van der Waals surface area contributed by atoms with Gasteiger partial charge in [0, 0.05) is 10.2 Å². The third-order valence-corrected chi connectivity index (χ3v) is 7.46. The van der Waals surface area contributed by atoms with Crippen LogP contribution in [0.4, 0.5) is 5.69 Å². The Balaban J connectivity index is 1.40. The van der Waals surface area contributed by atoms with Crippen molar-refractivity contribution in [2.75, 3.05) is 11.9 Å². The summed E-state index contributed by atoms with van der Waals surface area (Å²) >= 11 is 3.35. The summed E-state index contributed by atoms with van der Waals surface area (Å²) in [7, 11) is 0. The molecule has 6 rings (SSSR count). The van der Waals surface area contributed by atoms with Gasteiger partial charge in [0.15, 0.2) is 6.61 Å². The van der Waals surface area contributed by atoms with E-state index in [-0.39, 0.29) is 45.6 Å². The van der Waals surface area contributed by atoms with Crippen molar-refractivity contribution in [3.63, 3.8) is 0 Å². The highest BCUT2D eigenvalue weighted by Gasteiger charge is 2.32. The molecule has 0 unspecified atom stereocenters. The first-order chi connectivity index (χ1) is 20.8. The number of anilines is 1. The number of hydrogen-bond acceptors (Lipinski definition) is 8. The van der Waals surface area contributed by atoms with Gasteiger partial charge in [-0.25, -0.2) is 9.59 Å². The Morgan fingerprint density at radius 2 is 1.26 bits per heavy atom. The van der Waals surface area contributed by atoms with E-state index in [4.69, 9.17) is 13.6 Å². The minimum absolute atomic E-state index is 0.160. The molecule has 0 fully saturated rings. The Morgan fingerprint density at radius 3 is 1.79 bits per heavy atom. The highest BCUT2D eigenvalue weighted by atomic mass is 79.9. The van der Waals surface area contributed by atoms with Crippen molar-refractivity contribution < 1.29 is 28.6 Å². The zero-order valence-electron chi connectivity index (χ0n) is 22.2. The van der Waals surface area contributed by atoms with Crippen LogP contribution < -0.4 is 21.3 Å². The minimum atomic E-state index is -1.28. The average molecular weight is 640 g/mol. The number of hydrogen-bond donors (Lipinski definition) is 3. The van der Waals surface area contributed by atoms with Crippen molar-refractivity contribution in [3.8, 4) is 17.2 Å². The molecule has 0 atom stereocenters. The molecule has 9 nitrogen and oxygen atoms in total. The number of carbonyl (C=O) groups is 1. The van der Waals surface area contributed by atoms with Gasteiger partial charge in [0.1, 0.15) is 28.4 Å². The summed E-state index contributed by atoms with van der Waals surface area (Å²) in [5.41, 5.74) is -1.00. The topological polar surface area (TPSA) is 139 Å². The molecule has 4 aromatic carbocycles. The van der Waals surface area contributed by atoms with Gasteiger partial charge in [-0.05, 0) is 66.2 Å². The second-order valence-corrected chi connectivity index (χ2v) is 10.6. The van der Waals surface area contributed by atoms with Crippen molar-refractivity contribution in [2.24, 2.45) is 0 Å². The molecule has 10 heteroatoms. The molecular weight excluding hydrogens is 618 g/mol. The SMILES string of the molecule is O=C(COc1ccc(C(c2c(O)c3ccccc3oc2=O)c2c(O)c3ccccc3oc2=O)cc1)Nc1ccc(Br)cc1. The predicted molar refractivity (Wildman–Crippen MR) is 164 cm³/mol. The fraction of sp³-hybridized carbons (Fsp3) is 0.0606. The van der Waals surface area contributed by atoms with Crippen LogP contribution in [0.25, 0.3) is 21.9 Å². The third kappa shape index (κ3) is 5.47. The molecule has 0 saturated carbocycles. The van der Waals surface area contributed by atoms with E-state index in [1.54, 1.807) is 84.9 Å². The van der Waals surface area contributed by atoms with E-state index < -0.39 is 28.7 Å². The smallest absolute Gasteiger partial charge is 0.344 e. The molecule has 3 N–H and O–H groups in total. The number of ether oxygens (including phenoxy) is 1. The number of para-hydroxylation sites is 2. The normalized spacial score (nSPS) is 11.2. The molecular formula is C33H22BrNO8. The summed E-state index contributed by atoms with van der Waals surface area (Å²) in [4.78, 5) is 39.0. The number of fused-ring (bicyclic) bond motifs is 2. The quantitative estimate of drug-likeness (QED) is 0.174. The van der Waals surface area contributed by atoms with Crippen molar-refractivity contribution in [1.82, 2.24) is 0 Å². The Labute approximate surface area is 251 Å². The molecule has 0 aliphatic rings. The zero-order valence-corrected chi connectivity index (χ0v) is 23.8. The van der Waals surface area contributed by atoms with E-state index in [0.29, 0.717) is 17.0 Å². The maximum absolute atomic E-state index is 13.3. The monoisotopic (exact) mass is 639 g/mol. The van der Waals surface area contributed by atoms with Crippen LogP contribution in [0.3, 0.4) is 0 Å². The average Bonchev–Trinajstić information content (AvgIpc) is 3.00. The number of amides is 1. The van der Waals surface area contributed by atoms with Crippen LogP contribution in [0, 0.1) is 0 Å². The lowest BCUT2D eigenvalue weighted by atomic mass is 9.84. The Morgan fingerprint density at radius 1 is 0.744 bits per heavy atom. The first-order valence-electron chi connectivity index (χ1n) is 13.1. The Hall–Kier alpha value is -5.35. The van der Waals surface area contributed by atoms with Crippen molar-refractivity contribution >= 4 is 49.5 Å². The number of carbonyl (C=O) groups excluding carboxylic acids is 1. The van der Waals surface area contributed by atoms with E-state index >= 15 is 0 Å². The number of rotatable bonds is 7. The standard InChI is InChI=1S/C33H22BrNO8/c34-19-11-13-20(14-12-19)35-26(36)17-41-21-15-9-18(10-16-21)27(28-30(37)22-5-1-3-7-24(22)42-32(28)39)29-31(38)23-6-2-4-8-25(23)43-33(29)40/h1-16,27,37-38H,17H2,(H,35,36). The summed E-state index contributed by atoms with van der Waals surface area (Å²) < 4.78 is 17.5. The molecule has 2 heterocycles. The van der Waals surface area contributed by atoms with Crippen LogP contribution in [0.1, 0.15) is 22.6 Å². The van der Waals surface area contributed by atoms with Crippen molar-refractivity contribution in [3.05, 3.63) is 139 Å². The molecule has 0 saturated heterocycles. The van der Waals surface area contributed by atoms with Crippen LogP contribution in [0.5, 0.6) is 17.2 Å². The van der Waals surface area contributed by atoms with Gasteiger partial charge in [-0.2, -0.15) is 0 Å². The second-order valence-electron chi connectivity index (χ2n) is 9.64. The Kier molecular flexibility index (Phi) is 7.43. The molecule has 0 aliphatic carbocycles. The van der Waals surface area contributed by atoms with Gasteiger partial charge in [-0.3, -0.25) is 4.79 Å². The van der Waals surface area contributed by atoms with Crippen LogP contribution >= 0.6 is 15.9 Å². The van der Waals surface area contributed by atoms with Crippen molar-refractivity contribution in [1.29, 1.82) is 0 Å². The van der Waals surface area contributed by atoms with Gasteiger partial charge in [0.05, 0.1) is 27.8 Å². The summed E-state index contributed by atoms with van der Waals surface area (Å²) in [6.45, 7) is -0.275. The highest BCUT2D eigenvalue weighted by molar-refractivity contribution is 9.10. The number of aromatic hydroxyl groups is 2. The van der Waals surface area contributed by atoms with Crippen LogP contribution in [0.2, 0.25) is 0 Å². The lowest BCUT2D eigenvalue weighted by Crippen LogP contribution is -2.21. The molecule has 0 aliphatic heterocycles. The van der Waals surface area contributed by atoms with E-state index in [9.17, 15) is 24.6 Å². The van der Waals surface area contributed by atoms with E-state index in [0.717, 1.165) is 4.47 Å². The Bertz CT molecular complexity index is 2000. The van der Waals surface area contributed by atoms with Gasteiger partial charge in [-0.15, -0.1) is 0 Å². The maximum Gasteiger partial charge on any atom is 0.344 e. The number of benzene rings is 4. The zero-order chi connectivity index (χ0) is 30.1. The van der Waals surface area contributed by atoms with E-state index in [1.807, 2.05) is 0 Å². The predicted octanol–water partition coefficient (Wildman–Crippen LogP) is 6.27. The van der Waals surface area contributed by atoms with Gasteiger partial charge >= 0.3 is 11.3 Å². The molecule has 214 valence electrons. The molecule has 2 aromatic heterocycles. The van der Waals surface area contributed by atoms with E-state index in [1.165, 1.54) is 12.1 Å². The van der Waals surface area contributed by atoms with Crippen LogP contribution in [0.15, 0.2) is 120 Å². The van der Waals surface area contributed by atoms with Crippen molar-refractivity contribution in [2.45, 2.75) is 5.92 Å². The second kappa shape index (κ2) is 11.5. The fourth-order valence-electron chi connectivity index (χ4n) is 4.92. The van der Waals surface area contributed by atoms with Gasteiger partial charge in [0.2, 0.25) is 0 Å². The first-order valence-corrected chi connectivity index (χ1v) is 13.9. The molecule has 6 aromatic rings. The number of nitrogens with one attached hydrogen (secondary N) is 1. The lowest BCUT2D eigenvalue weighted by Gasteiger charge is -2.20. The molecule has 1 amide bonds. The molecule has 0 radical (unpaired) electrons. The van der Waals surface area contributed by atoms with Crippen LogP contribution in [-0.4, -0.2) is 22.7 Å². The summed E-state index contributed by atoms with van der Waals surface area (Å²) in [5, 5.41) is 25.9. The van der Waals surface area contributed by atoms with Gasteiger partial charge in [-0.1, -0.05) is 52.3 Å². The minimum Gasteiger partial charge on any atom is -0.507 e. The number of halogens is 1. The molecule has 0 spiro atoms. The van der Waals surface area contributed by atoms with Gasteiger partial charge < -0.3 is 29.1 Å². The largest absolute Gasteiger partial charge is 0.507 e. The lowest BCUT2D eigenvalue weighted by molar-refractivity contribution is -0.118. The molecule has 43 heavy (non-hydrogen) atoms. The van der Waals surface area contributed by atoms with Gasteiger partial charge in [0.25, 0.3) is 5.91 Å². The summed E-state index contributed by atoms with van der Waals surface area (Å²) in [6.07, 6.45) is 0. The summed E-state index contributed by atoms with van der Waals surface area (Å²) in [5.74, 6) is -2.11. The first kappa shape index (κ1) is 27.8. The maximum atomic E-state index is 13.3. The fourth-order valence-corrected chi connectivity index (χ4v) is 5.18. The third-order valence-electron chi connectivity index (χ3n) is 6.93. The van der Waals surface area contributed by atoms with E-state index in [2.05, 4.69) is 21.2 Å². The molecule has 0 bridgehead atoms.